The molecule has 2 heterocycles. The minimum Gasteiger partial charge on any atom is -0.491 e. The number of hydrogen-bond donors (Lipinski definition) is 1. The first-order valence-electron chi connectivity index (χ1n) is 8.21. The van der Waals surface area contributed by atoms with Crippen LogP contribution in [0.1, 0.15) is 37.9 Å². The van der Waals surface area contributed by atoms with Crippen molar-refractivity contribution in [2.24, 2.45) is 5.73 Å². The van der Waals surface area contributed by atoms with E-state index in [0.29, 0.717) is 18.3 Å². The quantitative estimate of drug-likeness (QED) is 0.913. The molecule has 1 unspecified atom stereocenters. The second-order valence-corrected chi connectivity index (χ2v) is 6.40. The number of rotatable bonds is 5. The van der Waals surface area contributed by atoms with Crippen LogP contribution in [0, 0.1) is 0 Å². The van der Waals surface area contributed by atoms with Gasteiger partial charge in [0.05, 0.1) is 11.6 Å². The molecule has 4 rings (SSSR count). The molecule has 1 saturated heterocycles. The van der Waals surface area contributed by atoms with Gasteiger partial charge in [0.2, 0.25) is 0 Å². The average Bonchev–Trinajstić information content (AvgIpc) is 3.23. The highest BCUT2D eigenvalue weighted by Gasteiger charge is 2.39. The van der Waals surface area contributed by atoms with E-state index in [2.05, 4.69) is 10.1 Å². The Morgan fingerprint density at radius 2 is 2.04 bits per heavy atom. The van der Waals surface area contributed by atoms with Crippen LogP contribution >= 0.6 is 0 Å². The number of benzene rings is 1. The molecule has 1 aliphatic heterocycles. The second kappa shape index (κ2) is 5.94. The van der Waals surface area contributed by atoms with Crippen molar-refractivity contribution in [3.05, 3.63) is 30.1 Å². The monoisotopic (exact) mass is 315 g/mol. The number of ether oxygens (including phenoxy) is 2. The van der Waals surface area contributed by atoms with Crippen LogP contribution in [0.25, 0.3) is 11.5 Å². The lowest BCUT2D eigenvalue weighted by molar-refractivity contribution is 0.0679. The zero-order valence-corrected chi connectivity index (χ0v) is 13.0. The summed E-state index contributed by atoms with van der Waals surface area (Å²) in [7, 11) is 0. The fraction of sp³-hybridized carbons (Fsp3) is 0.529. The summed E-state index contributed by atoms with van der Waals surface area (Å²) in [6.45, 7) is 1.44. The van der Waals surface area contributed by atoms with Gasteiger partial charge in [0.15, 0.2) is 5.82 Å². The third-order valence-corrected chi connectivity index (χ3v) is 4.68. The van der Waals surface area contributed by atoms with Crippen LogP contribution in [0.2, 0.25) is 0 Å². The Balaban J connectivity index is 1.41. The van der Waals surface area contributed by atoms with Gasteiger partial charge >= 0.3 is 0 Å². The Labute approximate surface area is 135 Å². The zero-order valence-electron chi connectivity index (χ0n) is 13.0. The summed E-state index contributed by atoms with van der Waals surface area (Å²) in [5, 5.41) is 4.04. The van der Waals surface area contributed by atoms with Gasteiger partial charge in [-0.2, -0.15) is 4.98 Å². The Kier molecular flexibility index (Phi) is 3.79. The van der Waals surface area contributed by atoms with Gasteiger partial charge in [0, 0.05) is 12.2 Å². The van der Waals surface area contributed by atoms with Crippen LogP contribution in [-0.4, -0.2) is 29.5 Å². The Bertz CT molecular complexity index is 658. The van der Waals surface area contributed by atoms with Gasteiger partial charge in [0.25, 0.3) is 5.89 Å². The summed E-state index contributed by atoms with van der Waals surface area (Å²) in [6.07, 6.45) is 5.37. The Morgan fingerprint density at radius 3 is 2.70 bits per heavy atom. The molecule has 6 heteroatoms. The van der Waals surface area contributed by atoms with Crippen molar-refractivity contribution in [3.63, 3.8) is 0 Å². The lowest BCUT2D eigenvalue weighted by Crippen LogP contribution is -2.44. The van der Waals surface area contributed by atoms with Crippen LogP contribution in [0.15, 0.2) is 28.8 Å². The highest BCUT2D eigenvalue weighted by Crippen LogP contribution is 2.37. The second-order valence-electron chi connectivity index (χ2n) is 6.40. The fourth-order valence-electron chi connectivity index (χ4n) is 2.98. The van der Waals surface area contributed by atoms with Crippen molar-refractivity contribution < 1.29 is 14.0 Å². The molecule has 1 aromatic heterocycles. The fourth-order valence-corrected chi connectivity index (χ4v) is 2.98. The van der Waals surface area contributed by atoms with Gasteiger partial charge in [-0.25, -0.2) is 0 Å². The highest BCUT2D eigenvalue weighted by molar-refractivity contribution is 5.54. The summed E-state index contributed by atoms with van der Waals surface area (Å²) in [4.78, 5) is 4.45. The summed E-state index contributed by atoms with van der Waals surface area (Å²) < 4.78 is 16.7. The van der Waals surface area contributed by atoms with Crippen LogP contribution in [-0.2, 0) is 10.3 Å². The van der Waals surface area contributed by atoms with E-state index in [1.165, 1.54) is 0 Å². The molecule has 2 fully saturated rings. The minimum absolute atomic E-state index is 0.219. The SMILES string of the molecule is NC1(c2noc(-c3ccc(OCC4CCCO4)cc3)n2)CCC1. The predicted molar refractivity (Wildman–Crippen MR) is 83.9 cm³/mol. The van der Waals surface area contributed by atoms with E-state index in [0.717, 1.165) is 50.0 Å². The maximum Gasteiger partial charge on any atom is 0.257 e. The number of nitrogens with two attached hydrogens (primary N) is 1. The maximum atomic E-state index is 6.22. The molecule has 122 valence electrons. The predicted octanol–water partition coefficient (Wildman–Crippen LogP) is 2.63. The van der Waals surface area contributed by atoms with E-state index in [1.54, 1.807) is 0 Å². The van der Waals surface area contributed by atoms with Crippen molar-refractivity contribution in [1.29, 1.82) is 0 Å². The molecule has 1 aliphatic carbocycles. The van der Waals surface area contributed by atoms with Gasteiger partial charge in [-0.05, 0) is 56.4 Å². The third kappa shape index (κ3) is 2.96. The topological polar surface area (TPSA) is 83.4 Å². The number of aromatic nitrogens is 2. The Morgan fingerprint density at radius 1 is 1.22 bits per heavy atom. The summed E-state index contributed by atoms with van der Waals surface area (Å²) >= 11 is 0. The minimum atomic E-state index is -0.397. The lowest BCUT2D eigenvalue weighted by Gasteiger charge is -2.34. The molecule has 1 atom stereocenters. The van der Waals surface area contributed by atoms with Gasteiger partial charge in [-0.3, -0.25) is 0 Å². The molecular weight excluding hydrogens is 294 g/mol. The third-order valence-electron chi connectivity index (χ3n) is 4.68. The van der Waals surface area contributed by atoms with Crippen molar-refractivity contribution in [1.82, 2.24) is 10.1 Å². The summed E-state index contributed by atoms with van der Waals surface area (Å²) in [5.74, 6) is 1.93. The van der Waals surface area contributed by atoms with E-state index in [4.69, 9.17) is 19.7 Å². The molecule has 2 aliphatic rings. The molecule has 6 nitrogen and oxygen atoms in total. The number of hydrogen-bond acceptors (Lipinski definition) is 6. The molecule has 1 saturated carbocycles. The first-order valence-corrected chi connectivity index (χ1v) is 8.21. The van der Waals surface area contributed by atoms with Crippen molar-refractivity contribution in [2.45, 2.75) is 43.7 Å². The standard InChI is InChI=1S/C17H21N3O3/c18-17(8-2-9-17)16-19-15(23-20-16)12-4-6-13(7-5-12)22-11-14-3-1-10-21-14/h4-7,14H,1-3,8-11,18H2. The normalized spacial score (nSPS) is 22.7. The van der Waals surface area contributed by atoms with Gasteiger partial charge < -0.3 is 19.7 Å². The molecule has 1 aromatic carbocycles. The van der Waals surface area contributed by atoms with E-state index in [1.807, 2.05) is 24.3 Å². The first-order chi connectivity index (χ1) is 11.2. The number of nitrogens with zero attached hydrogens (tertiary/aromatic N) is 2. The van der Waals surface area contributed by atoms with E-state index in [9.17, 15) is 0 Å². The van der Waals surface area contributed by atoms with Crippen molar-refractivity contribution in [2.75, 3.05) is 13.2 Å². The summed E-state index contributed by atoms with van der Waals surface area (Å²) in [5.41, 5.74) is 6.70. The first kappa shape index (κ1) is 14.7. The molecule has 2 aromatic rings. The molecule has 0 amide bonds. The van der Waals surface area contributed by atoms with E-state index < -0.39 is 5.54 Å². The van der Waals surface area contributed by atoms with Crippen molar-refractivity contribution >= 4 is 0 Å². The largest absolute Gasteiger partial charge is 0.491 e. The molecule has 2 N–H and O–H groups in total. The molecule has 23 heavy (non-hydrogen) atoms. The molecule has 0 bridgehead atoms. The van der Waals surface area contributed by atoms with Crippen LogP contribution < -0.4 is 10.5 Å². The summed E-state index contributed by atoms with van der Waals surface area (Å²) in [6, 6.07) is 7.67. The highest BCUT2D eigenvalue weighted by atomic mass is 16.5. The van der Waals surface area contributed by atoms with E-state index in [-0.39, 0.29) is 6.10 Å². The van der Waals surface area contributed by atoms with Crippen molar-refractivity contribution in [3.8, 4) is 17.2 Å². The van der Waals surface area contributed by atoms with Gasteiger partial charge in [0.1, 0.15) is 12.4 Å². The average molecular weight is 315 g/mol. The van der Waals surface area contributed by atoms with Crippen LogP contribution in [0.3, 0.4) is 0 Å². The van der Waals surface area contributed by atoms with E-state index >= 15 is 0 Å². The van der Waals surface area contributed by atoms with Gasteiger partial charge in [-0.1, -0.05) is 5.16 Å². The van der Waals surface area contributed by atoms with Gasteiger partial charge in [-0.15, -0.1) is 0 Å². The smallest absolute Gasteiger partial charge is 0.257 e. The van der Waals surface area contributed by atoms with Crippen LogP contribution in [0.4, 0.5) is 0 Å². The zero-order chi connectivity index (χ0) is 15.7. The lowest BCUT2D eigenvalue weighted by atomic mass is 9.77. The molecule has 0 radical (unpaired) electrons. The van der Waals surface area contributed by atoms with Crippen LogP contribution in [0.5, 0.6) is 5.75 Å². The Hall–Kier alpha value is -1.92. The molecular formula is C17H21N3O3. The molecule has 0 spiro atoms. The maximum absolute atomic E-state index is 6.22.